The fourth-order valence-corrected chi connectivity index (χ4v) is 3.42. The summed E-state index contributed by atoms with van der Waals surface area (Å²) in [6, 6.07) is 11.7. The maximum absolute atomic E-state index is 12.7. The first kappa shape index (κ1) is 18.2. The minimum absolute atomic E-state index is 0.351. The molecule has 2 aromatic carbocycles. The van der Waals surface area contributed by atoms with E-state index in [9.17, 15) is 13.2 Å². The normalized spacial score (nSPS) is 11.5. The van der Waals surface area contributed by atoms with Gasteiger partial charge in [-0.2, -0.15) is 4.98 Å². The van der Waals surface area contributed by atoms with Crippen LogP contribution in [0.4, 0.5) is 11.5 Å². The molecular weight excluding hydrogens is 376 g/mol. The molecule has 7 nitrogen and oxygen atoms in total. The van der Waals surface area contributed by atoms with Gasteiger partial charge in [-0.25, -0.2) is 13.2 Å². The number of anilines is 2. The molecule has 3 aromatic rings. The number of hydrogen-bond donors (Lipinski definition) is 1. The number of halogens is 1. The van der Waals surface area contributed by atoms with E-state index in [1.807, 2.05) is 0 Å². The Morgan fingerprint density at radius 1 is 1.15 bits per heavy atom. The molecule has 0 aliphatic heterocycles. The number of sulfonamides is 1. The minimum atomic E-state index is -3.43. The van der Waals surface area contributed by atoms with Gasteiger partial charge in [0.1, 0.15) is 5.82 Å². The Morgan fingerprint density at radius 3 is 2.54 bits per heavy atom. The maximum Gasteiger partial charge on any atom is 0.354 e. The molecule has 0 atom stereocenters. The summed E-state index contributed by atoms with van der Waals surface area (Å²) in [6.07, 6.45) is 1.06. The summed E-state index contributed by atoms with van der Waals surface area (Å²) in [6.45, 7) is 0. The van der Waals surface area contributed by atoms with Crippen molar-refractivity contribution in [2.75, 3.05) is 30.0 Å². The van der Waals surface area contributed by atoms with Crippen molar-refractivity contribution in [1.29, 1.82) is 0 Å². The Kier molecular flexibility index (Phi) is 4.64. The summed E-state index contributed by atoms with van der Waals surface area (Å²) in [5.74, 6) is 0.531. The van der Waals surface area contributed by atoms with Crippen molar-refractivity contribution in [1.82, 2.24) is 9.55 Å². The van der Waals surface area contributed by atoms with E-state index in [1.54, 1.807) is 61.5 Å². The highest BCUT2D eigenvalue weighted by Crippen LogP contribution is 2.27. The predicted molar refractivity (Wildman–Crippen MR) is 105 cm³/mol. The molecule has 0 saturated heterocycles. The van der Waals surface area contributed by atoms with E-state index in [4.69, 9.17) is 11.6 Å². The lowest BCUT2D eigenvalue weighted by Crippen LogP contribution is -2.25. The van der Waals surface area contributed by atoms with Crippen LogP contribution in [0.25, 0.3) is 16.6 Å². The fraction of sp³-hybridized carbons (Fsp3) is 0.176. The lowest BCUT2D eigenvalue weighted by Gasteiger charge is -2.17. The number of fused-ring (bicyclic) bond motifs is 1. The number of nitrogens with one attached hydrogen (secondary N) is 1. The van der Waals surface area contributed by atoms with E-state index in [0.717, 1.165) is 11.6 Å². The molecule has 0 saturated carbocycles. The molecule has 3 rings (SSSR count). The lowest BCUT2D eigenvalue weighted by atomic mass is 10.2. The summed E-state index contributed by atoms with van der Waals surface area (Å²) in [4.78, 5) is 18.6. The topological polar surface area (TPSA) is 84.3 Å². The second-order valence-corrected chi connectivity index (χ2v) is 8.22. The van der Waals surface area contributed by atoms with Gasteiger partial charge in [0.2, 0.25) is 10.0 Å². The van der Waals surface area contributed by atoms with Crippen molar-refractivity contribution in [2.45, 2.75) is 0 Å². The van der Waals surface area contributed by atoms with E-state index in [1.165, 1.54) is 4.57 Å². The third-order valence-corrected chi connectivity index (χ3v) is 4.51. The highest BCUT2D eigenvalue weighted by Gasteiger charge is 2.14. The first-order valence-corrected chi connectivity index (χ1v) is 9.90. The van der Waals surface area contributed by atoms with Gasteiger partial charge in [-0.05, 0) is 36.4 Å². The van der Waals surface area contributed by atoms with Gasteiger partial charge in [-0.3, -0.25) is 9.29 Å². The Bertz CT molecular complexity index is 1160. The van der Waals surface area contributed by atoms with Gasteiger partial charge in [-0.1, -0.05) is 17.7 Å². The summed E-state index contributed by atoms with van der Waals surface area (Å²) in [5.41, 5.74) is 0.926. The largest absolute Gasteiger partial charge is 0.362 e. The standard InChI is InChI=1S/C17H17ClN4O3S/c1-21(2)16-14-8-7-11(18)9-15(14)22(17(23)19-16)13-6-4-5-12(10-13)20-26(3,24)25/h4-10,20H,1-3H3. The van der Waals surface area contributed by atoms with Crippen LogP contribution in [0.15, 0.2) is 47.3 Å². The second kappa shape index (κ2) is 6.62. The third kappa shape index (κ3) is 3.66. The highest BCUT2D eigenvalue weighted by atomic mass is 35.5. The van der Waals surface area contributed by atoms with Gasteiger partial charge in [-0.15, -0.1) is 0 Å². The average Bonchev–Trinajstić information content (AvgIpc) is 2.52. The van der Waals surface area contributed by atoms with Crippen LogP contribution in [0.3, 0.4) is 0 Å². The molecule has 0 aliphatic carbocycles. The third-order valence-electron chi connectivity index (χ3n) is 3.67. The second-order valence-electron chi connectivity index (χ2n) is 6.03. The van der Waals surface area contributed by atoms with Crippen LogP contribution in [0.5, 0.6) is 0 Å². The Hall–Kier alpha value is -2.58. The molecule has 0 aliphatic rings. The Morgan fingerprint density at radius 2 is 1.88 bits per heavy atom. The van der Waals surface area contributed by atoms with E-state index in [0.29, 0.717) is 27.7 Å². The van der Waals surface area contributed by atoms with Gasteiger partial charge in [0, 0.05) is 24.5 Å². The summed E-state index contributed by atoms with van der Waals surface area (Å²) in [5, 5.41) is 1.23. The van der Waals surface area contributed by atoms with Gasteiger partial charge in [0.15, 0.2) is 0 Å². The first-order valence-electron chi connectivity index (χ1n) is 7.63. The van der Waals surface area contributed by atoms with Crippen LogP contribution in [0.2, 0.25) is 5.02 Å². The van der Waals surface area contributed by atoms with Crippen LogP contribution in [-0.2, 0) is 10.0 Å². The maximum atomic E-state index is 12.7. The van der Waals surface area contributed by atoms with Gasteiger partial charge >= 0.3 is 5.69 Å². The van der Waals surface area contributed by atoms with Crippen molar-refractivity contribution >= 4 is 44.0 Å². The number of aromatic nitrogens is 2. The first-order chi connectivity index (χ1) is 12.2. The van der Waals surface area contributed by atoms with Crippen molar-refractivity contribution in [3.05, 3.63) is 58.0 Å². The molecule has 0 unspecified atom stereocenters. The van der Waals surface area contributed by atoms with Crippen LogP contribution in [0.1, 0.15) is 0 Å². The van der Waals surface area contributed by atoms with Crippen LogP contribution < -0.4 is 15.3 Å². The Balaban J connectivity index is 2.31. The zero-order chi connectivity index (χ0) is 19.1. The smallest absolute Gasteiger partial charge is 0.354 e. The number of rotatable bonds is 4. The molecule has 0 bridgehead atoms. The SMILES string of the molecule is CN(C)c1nc(=O)n(-c2cccc(NS(C)(=O)=O)c2)c2cc(Cl)ccc12. The number of nitrogens with zero attached hydrogens (tertiary/aromatic N) is 3. The monoisotopic (exact) mass is 392 g/mol. The summed E-state index contributed by atoms with van der Waals surface area (Å²) >= 11 is 6.14. The zero-order valence-corrected chi connectivity index (χ0v) is 16.0. The van der Waals surface area contributed by atoms with Crippen molar-refractivity contribution in [3.63, 3.8) is 0 Å². The van der Waals surface area contributed by atoms with Crippen molar-refractivity contribution in [3.8, 4) is 5.69 Å². The Labute approximate surface area is 155 Å². The average molecular weight is 393 g/mol. The molecular formula is C17H17ClN4O3S. The molecule has 0 amide bonds. The molecule has 9 heteroatoms. The van der Waals surface area contributed by atoms with Gasteiger partial charge in [0.05, 0.1) is 23.1 Å². The van der Waals surface area contributed by atoms with E-state index in [-0.39, 0.29) is 0 Å². The fourth-order valence-electron chi connectivity index (χ4n) is 2.70. The van der Waals surface area contributed by atoms with E-state index in [2.05, 4.69) is 9.71 Å². The predicted octanol–water partition coefficient (Wildman–Crippen LogP) is 2.48. The molecule has 1 N–H and O–H groups in total. The van der Waals surface area contributed by atoms with Crippen LogP contribution in [0, 0.1) is 0 Å². The molecule has 26 heavy (non-hydrogen) atoms. The summed E-state index contributed by atoms with van der Waals surface area (Å²) < 4.78 is 26.8. The molecule has 0 spiro atoms. The van der Waals surface area contributed by atoms with Crippen LogP contribution in [-0.4, -0.2) is 38.3 Å². The van der Waals surface area contributed by atoms with E-state index >= 15 is 0 Å². The highest BCUT2D eigenvalue weighted by molar-refractivity contribution is 7.92. The molecule has 136 valence electrons. The van der Waals surface area contributed by atoms with Gasteiger partial charge < -0.3 is 4.90 Å². The molecule has 0 radical (unpaired) electrons. The summed E-state index contributed by atoms with van der Waals surface area (Å²) in [7, 11) is 0.171. The molecule has 1 aromatic heterocycles. The lowest BCUT2D eigenvalue weighted by molar-refractivity contribution is 0.607. The van der Waals surface area contributed by atoms with E-state index < -0.39 is 15.7 Å². The molecule has 1 heterocycles. The minimum Gasteiger partial charge on any atom is -0.362 e. The van der Waals surface area contributed by atoms with Crippen molar-refractivity contribution < 1.29 is 8.42 Å². The van der Waals surface area contributed by atoms with Crippen LogP contribution >= 0.6 is 11.6 Å². The quantitative estimate of drug-likeness (QED) is 0.737. The number of benzene rings is 2. The molecule has 0 fully saturated rings. The van der Waals surface area contributed by atoms with Gasteiger partial charge in [0.25, 0.3) is 0 Å². The number of hydrogen-bond acceptors (Lipinski definition) is 5. The zero-order valence-electron chi connectivity index (χ0n) is 14.4. The van der Waals surface area contributed by atoms with Crippen molar-refractivity contribution in [2.24, 2.45) is 0 Å².